The minimum Gasteiger partial charge on any atom is -0.360 e. The molecule has 0 fully saturated rings. The summed E-state index contributed by atoms with van der Waals surface area (Å²) in [5.41, 5.74) is 9.54. The van der Waals surface area contributed by atoms with E-state index in [9.17, 15) is 4.39 Å². The molecule has 3 rings (SSSR count). The summed E-state index contributed by atoms with van der Waals surface area (Å²) in [7, 11) is 0. The van der Waals surface area contributed by atoms with Crippen molar-refractivity contribution < 1.29 is 4.39 Å². The molecule has 0 unspecified atom stereocenters. The average Bonchev–Trinajstić information content (AvgIpc) is 2.63. The lowest BCUT2D eigenvalue weighted by Gasteiger charge is -2.28. The van der Waals surface area contributed by atoms with Gasteiger partial charge in [-0.2, -0.15) is 0 Å². The molecule has 24 heavy (non-hydrogen) atoms. The Hall–Kier alpha value is -2.65. The Labute approximate surface area is 142 Å². The van der Waals surface area contributed by atoms with E-state index in [4.69, 9.17) is 5.73 Å². The first-order valence-electron chi connectivity index (χ1n) is 8.08. The van der Waals surface area contributed by atoms with Crippen molar-refractivity contribution in [1.29, 1.82) is 0 Å². The van der Waals surface area contributed by atoms with Gasteiger partial charge in [-0.25, -0.2) is 4.39 Å². The molecule has 0 atom stereocenters. The highest BCUT2D eigenvalue weighted by atomic mass is 19.1. The van der Waals surface area contributed by atoms with Crippen molar-refractivity contribution in [3.63, 3.8) is 0 Å². The van der Waals surface area contributed by atoms with E-state index in [1.807, 2.05) is 42.5 Å². The molecule has 0 saturated heterocycles. The van der Waals surface area contributed by atoms with Crippen LogP contribution in [0.3, 0.4) is 0 Å². The monoisotopic (exact) mass is 320 g/mol. The van der Waals surface area contributed by atoms with E-state index in [-0.39, 0.29) is 5.82 Å². The van der Waals surface area contributed by atoms with Crippen LogP contribution in [0.4, 0.5) is 10.1 Å². The second-order valence-electron chi connectivity index (χ2n) is 5.78. The first-order chi connectivity index (χ1) is 11.8. The SMILES string of the molecule is NCc1cccc(F)c1N(Cc1ccccc1)Cc1ccccc1. The molecular weight excluding hydrogens is 299 g/mol. The van der Waals surface area contributed by atoms with Crippen LogP contribution in [0.5, 0.6) is 0 Å². The minimum atomic E-state index is -0.232. The highest BCUT2D eigenvalue weighted by Crippen LogP contribution is 2.27. The maximum absolute atomic E-state index is 14.6. The molecule has 0 radical (unpaired) electrons. The van der Waals surface area contributed by atoms with Gasteiger partial charge in [-0.3, -0.25) is 0 Å². The van der Waals surface area contributed by atoms with Crippen LogP contribution in [-0.4, -0.2) is 0 Å². The topological polar surface area (TPSA) is 29.3 Å². The lowest BCUT2D eigenvalue weighted by molar-refractivity contribution is 0.612. The van der Waals surface area contributed by atoms with Gasteiger partial charge in [-0.05, 0) is 22.8 Å². The predicted molar refractivity (Wildman–Crippen MR) is 97.1 cm³/mol. The molecule has 0 aliphatic heterocycles. The number of anilines is 1. The van der Waals surface area contributed by atoms with Gasteiger partial charge in [-0.15, -0.1) is 0 Å². The lowest BCUT2D eigenvalue weighted by atomic mass is 10.1. The van der Waals surface area contributed by atoms with Gasteiger partial charge in [0.2, 0.25) is 0 Å². The van der Waals surface area contributed by atoms with Crippen LogP contribution in [0.15, 0.2) is 78.9 Å². The highest BCUT2D eigenvalue weighted by molar-refractivity contribution is 5.55. The summed E-state index contributed by atoms with van der Waals surface area (Å²) in [5, 5.41) is 0. The quantitative estimate of drug-likeness (QED) is 0.725. The Morgan fingerprint density at radius 2 is 1.25 bits per heavy atom. The number of nitrogens with two attached hydrogens (primary N) is 1. The maximum atomic E-state index is 14.6. The van der Waals surface area contributed by atoms with E-state index in [1.54, 1.807) is 6.07 Å². The molecule has 0 bridgehead atoms. The zero-order valence-corrected chi connectivity index (χ0v) is 13.5. The first kappa shape index (κ1) is 16.2. The summed E-state index contributed by atoms with van der Waals surface area (Å²) in [6.07, 6.45) is 0. The Balaban J connectivity index is 1.98. The van der Waals surface area contributed by atoms with Crippen LogP contribution >= 0.6 is 0 Å². The van der Waals surface area contributed by atoms with Crippen molar-refractivity contribution in [3.8, 4) is 0 Å². The zero-order valence-electron chi connectivity index (χ0n) is 13.5. The van der Waals surface area contributed by atoms with Crippen molar-refractivity contribution >= 4 is 5.69 Å². The van der Waals surface area contributed by atoms with Gasteiger partial charge in [0.15, 0.2) is 0 Å². The van der Waals surface area contributed by atoms with E-state index in [1.165, 1.54) is 6.07 Å². The number of para-hydroxylation sites is 1. The third kappa shape index (κ3) is 3.81. The molecule has 0 saturated carbocycles. The van der Waals surface area contributed by atoms with Crippen LogP contribution in [-0.2, 0) is 19.6 Å². The molecule has 0 spiro atoms. The van der Waals surface area contributed by atoms with Crippen LogP contribution in [0.1, 0.15) is 16.7 Å². The molecule has 122 valence electrons. The number of halogens is 1. The molecule has 0 aromatic heterocycles. The van der Waals surface area contributed by atoms with Crippen LogP contribution in [0.25, 0.3) is 0 Å². The largest absolute Gasteiger partial charge is 0.360 e. The smallest absolute Gasteiger partial charge is 0.146 e. The third-order valence-corrected chi connectivity index (χ3v) is 4.04. The Morgan fingerprint density at radius 1 is 0.708 bits per heavy atom. The second-order valence-corrected chi connectivity index (χ2v) is 5.78. The van der Waals surface area contributed by atoms with E-state index in [0.29, 0.717) is 25.3 Å². The van der Waals surface area contributed by atoms with Crippen molar-refractivity contribution in [1.82, 2.24) is 0 Å². The summed E-state index contributed by atoms with van der Waals surface area (Å²) in [6.45, 7) is 1.57. The summed E-state index contributed by atoms with van der Waals surface area (Å²) in [4.78, 5) is 2.06. The number of benzene rings is 3. The first-order valence-corrected chi connectivity index (χ1v) is 8.08. The second kappa shape index (κ2) is 7.75. The van der Waals surface area contributed by atoms with E-state index < -0.39 is 0 Å². The number of hydrogen-bond donors (Lipinski definition) is 1. The van der Waals surface area contributed by atoms with Crippen LogP contribution in [0, 0.1) is 5.82 Å². The Bertz CT molecular complexity index is 731. The van der Waals surface area contributed by atoms with Gasteiger partial charge in [0.25, 0.3) is 0 Å². The van der Waals surface area contributed by atoms with Crippen molar-refractivity contribution in [2.24, 2.45) is 5.73 Å². The fourth-order valence-electron chi connectivity index (χ4n) is 2.90. The van der Waals surface area contributed by atoms with Gasteiger partial charge in [-0.1, -0.05) is 72.8 Å². The molecule has 2 nitrogen and oxygen atoms in total. The normalized spacial score (nSPS) is 10.6. The molecule has 0 aliphatic carbocycles. The van der Waals surface area contributed by atoms with Crippen molar-refractivity contribution in [2.45, 2.75) is 19.6 Å². The Kier molecular flexibility index (Phi) is 5.24. The summed E-state index contributed by atoms with van der Waals surface area (Å²) < 4.78 is 14.6. The third-order valence-electron chi connectivity index (χ3n) is 4.04. The van der Waals surface area contributed by atoms with Gasteiger partial charge in [0, 0.05) is 19.6 Å². The van der Waals surface area contributed by atoms with Crippen molar-refractivity contribution in [3.05, 3.63) is 101 Å². The molecule has 2 N–H and O–H groups in total. The predicted octanol–water partition coefficient (Wildman–Crippen LogP) is 4.49. The van der Waals surface area contributed by atoms with Crippen LogP contribution in [0.2, 0.25) is 0 Å². The van der Waals surface area contributed by atoms with E-state index in [2.05, 4.69) is 29.2 Å². The van der Waals surface area contributed by atoms with E-state index >= 15 is 0 Å². The molecular formula is C21H21FN2. The van der Waals surface area contributed by atoms with Gasteiger partial charge >= 0.3 is 0 Å². The summed E-state index contributed by atoms with van der Waals surface area (Å²) in [5.74, 6) is -0.232. The fourth-order valence-corrected chi connectivity index (χ4v) is 2.90. The minimum absolute atomic E-state index is 0.232. The van der Waals surface area contributed by atoms with Crippen molar-refractivity contribution in [2.75, 3.05) is 4.90 Å². The Morgan fingerprint density at radius 3 is 1.75 bits per heavy atom. The standard InChI is InChI=1S/C21H21FN2/c22-20-13-7-12-19(14-23)21(20)24(15-17-8-3-1-4-9-17)16-18-10-5-2-6-11-18/h1-13H,14-16,23H2. The summed E-state index contributed by atoms with van der Waals surface area (Å²) >= 11 is 0. The molecule has 3 heteroatoms. The molecule has 0 heterocycles. The maximum Gasteiger partial charge on any atom is 0.146 e. The molecule has 0 aliphatic rings. The average molecular weight is 320 g/mol. The fraction of sp³-hybridized carbons (Fsp3) is 0.143. The molecule has 3 aromatic carbocycles. The van der Waals surface area contributed by atoms with Crippen LogP contribution < -0.4 is 10.6 Å². The molecule has 0 amide bonds. The van der Waals surface area contributed by atoms with E-state index in [0.717, 1.165) is 16.7 Å². The highest BCUT2D eigenvalue weighted by Gasteiger charge is 2.16. The number of nitrogens with zero attached hydrogens (tertiary/aromatic N) is 1. The van der Waals surface area contributed by atoms with Gasteiger partial charge in [0.05, 0.1) is 5.69 Å². The number of hydrogen-bond acceptors (Lipinski definition) is 2. The van der Waals surface area contributed by atoms with Gasteiger partial charge in [0.1, 0.15) is 5.82 Å². The number of rotatable bonds is 6. The lowest BCUT2D eigenvalue weighted by Crippen LogP contribution is -2.25. The zero-order chi connectivity index (χ0) is 16.8. The summed E-state index contributed by atoms with van der Waals surface area (Å²) in [6, 6.07) is 25.3. The molecule has 3 aromatic rings. The van der Waals surface area contributed by atoms with Gasteiger partial charge < -0.3 is 10.6 Å².